The van der Waals surface area contributed by atoms with Crippen LogP contribution >= 0.6 is 15.9 Å². The quantitative estimate of drug-likeness (QED) is 0.755. The van der Waals surface area contributed by atoms with Gasteiger partial charge in [-0.2, -0.15) is 0 Å². The Labute approximate surface area is 86.3 Å². The van der Waals surface area contributed by atoms with E-state index < -0.39 is 0 Å². The van der Waals surface area contributed by atoms with E-state index in [9.17, 15) is 0 Å². The number of aromatic nitrogens is 2. The van der Waals surface area contributed by atoms with Crippen LogP contribution in [-0.2, 0) is 0 Å². The Morgan fingerprint density at radius 3 is 2.69 bits per heavy atom. The van der Waals surface area contributed by atoms with Crippen molar-refractivity contribution in [3.8, 4) is 0 Å². The Balaban J connectivity index is 2.13. The number of rotatable bonds is 1. The largest absolute Gasteiger partial charge is 0.341 e. The topological polar surface area (TPSA) is 29.0 Å². The maximum atomic E-state index is 4.26. The van der Waals surface area contributed by atoms with Gasteiger partial charge in [0.25, 0.3) is 0 Å². The second kappa shape index (κ2) is 3.62. The summed E-state index contributed by atoms with van der Waals surface area (Å²) in [5, 5.41) is 0. The van der Waals surface area contributed by atoms with E-state index >= 15 is 0 Å². The average molecular weight is 242 g/mol. The molecule has 1 saturated heterocycles. The van der Waals surface area contributed by atoms with Crippen molar-refractivity contribution in [3.05, 3.63) is 16.9 Å². The minimum Gasteiger partial charge on any atom is -0.341 e. The van der Waals surface area contributed by atoms with Gasteiger partial charge in [-0.3, -0.25) is 0 Å². The predicted octanol–water partition coefficient (Wildman–Crippen LogP) is 2.09. The van der Waals surface area contributed by atoms with Gasteiger partial charge in [-0.05, 0) is 28.3 Å². The van der Waals surface area contributed by atoms with E-state index in [0.717, 1.165) is 29.4 Å². The summed E-state index contributed by atoms with van der Waals surface area (Å²) in [4.78, 5) is 10.8. The number of halogens is 1. The van der Waals surface area contributed by atoms with Crippen LogP contribution in [0.2, 0.25) is 0 Å². The third-order valence-corrected chi connectivity index (χ3v) is 2.72. The van der Waals surface area contributed by atoms with Gasteiger partial charge in [0.15, 0.2) is 0 Å². The molecule has 1 aromatic heterocycles. The molecule has 70 valence electrons. The molecule has 1 aromatic rings. The molecule has 0 unspecified atom stereocenters. The van der Waals surface area contributed by atoms with Crippen LogP contribution in [0.4, 0.5) is 5.95 Å². The fourth-order valence-electron chi connectivity index (χ4n) is 1.59. The van der Waals surface area contributed by atoms with Gasteiger partial charge >= 0.3 is 0 Å². The molecule has 1 aliphatic rings. The Morgan fingerprint density at radius 1 is 1.46 bits per heavy atom. The van der Waals surface area contributed by atoms with E-state index in [1.165, 1.54) is 6.42 Å². The summed E-state index contributed by atoms with van der Waals surface area (Å²) in [6, 6.07) is 0. The van der Waals surface area contributed by atoms with Crippen LogP contribution in [-0.4, -0.2) is 23.1 Å². The second-order valence-electron chi connectivity index (χ2n) is 3.54. The number of nitrogens with zero attached hydrogens (tertiary/aromatic N) is 3. The molecule has 1 fully saturated rings. The molecule has 0 saturated carbocycles. The predicted molar refractivity (Wildman–Crippen MR) is 55.7 cm³/mol. The van der Waals surface area contributed by atoms with Crippen LogP contribution in [0.15, 0.2) is 16.9 Å². The Hall–Kier alpha value is -0.640. The lowest BCUT2D eigenvalue weighted by Crippen LogP contribution is -2.21. The first-order valence-electron chi connectivity index (χ1n) is 4.48. The monoisotopic (exact) mass is 241 g/mol. The van der Waals surface area contributed by atoms with Gasteiger partial charge in [0.1, 0.15) is 0 Å². The van der Waals surface area contributed by atoms with Crippen molar-refractivity contribution in [2.24, 2.45) is 5.92 Å². The van der Waals surface area contributed by atoms with Crippen LogP contribution in [0, 0.1) is 5.92 Å². The average Bonchev–Trinajstić information content (AvgIpc) is 2.53. The molecule has 0 aromatic carbocycles. The molecule has 0 spiro atoms. The fourth-order valence-corrected chi connectivity index (χ4v) is 1.79. The minimum absolute atomic E-state index is 0.771. The first kappa shape index (κ1) is 8.94. The molecule has 3 nitrogen and oxygen atoms in total. The van der Waals surface area contributed by atoms with Crippen LogP contribution in [0.5, 0.6) is 0 Å². The van der Waals surface area contributed by atoms with E-state index in [1.807, 2.05) is 0 Å². The summed E-state index contributed by atoms with van der Waals surface area (Å²) < 4.78 is 0.934. The molecule has 2 rings (SSSR count). The van der Waals surface area contributed by atoms with Crippen LogP contribution in [0.3, 0.4) is 0 Å². The summed E-state index contributed by atoms with van der Waals surface area (Å²) in [6.07, 6.45) is 4.84. The third-order valence-electron chi connectivity index (χ3n) is 2.31. The molecule has 0 N–H and O–H groups in total. The summed E-state index contributed by atoms with van der Waals surface area (Å²) in [6.45, 7) is 4.43. The smallest absolute Gasteiger partial charge is 0.225 e. The van der Waals surface area contributed by atoms with Crippen molar-refractivity contribution < 1.29 is 0 Å². The lowest BCUT2D eigenvalue weighted by Gasteiger charge is -2.14. The molecule has 1 aliphatic heterocycles. The van der Waals surface area contributed by atoms with Crippen LogP contribution in [0.1, 0.15) is 13.3 Å². The molecule has 13 heavy (non-hydrogen) atoms. The molecule has 0 aliphatic carbocycles. The highest BCUT2D eigenvalue weighted by Gasteiger charge is 2.20. The number of hydrogen-bond donors (Lipinski definition) is 0. The van der Waals surface area contributed by atoms with Crippen LogP contribution in [0.25, 0.3) is 0 Å². The Kier molecular flexibility index (Phi) is 2.49. The van der Waals surface area contributed by atoms with E-state index in [4.69, 9.17) is 0 Å². The van der Waals surface area contributed by atoms with Gasteiger partial charge in [0.2, 0.25) is 5.95 Å². The summed E-state index contributed by atoms with van der Waals surface area (Å²) in [5.74, 6) is 1.62. The van der Waals surface area contributed by atoms with Gasteiger partial charge in [0, 0.05) is 25.5 Å². The molecular formula is C9H12BrN3. The second-order valence-corrected chi connectivity index (χ2v) is 4.46. The summed E-state index contributed by atoms with van der Waals surface area (Å²) in [5.41, 5.74) is 0. The molecule has 4 heteroatoms. The van der Waals surface area contributed by atoms with Gasteiger partial charge in [0.05, 0.1) is 4.47 Å². The van der Waals surface area contributed by atoms with Gasteiger partial charge < -0.3 is 4.90 Å². The van der Waals surface area contributed by atoms with E-state index in [0.29, 0.717) is 0 Å². The molecule has 0 radical (unpaired) electrons. The van der Waals surface area contributed by atoms with Crippen molar-refractivity contribution in [2.75, 3.05) is 18.0 Å². The standard InChI is InChI=1S/C9H12BrN3/c1-7-2-3-13(6-7)9-11-4-8(10)5-12-9/h4-5,7H,2-3,6H2,1H3/t7-/m0/s1. The SMILES string of the molecule is C[C@H]1CCN(c2ncc(Br)cn2)C1. The Bertz CT molecular complexity index is 285. The highest BCUT2D eigenvalue weighted by molar-refractivity contribution is 9.10. The fraction of sp³-hybridized carbons (Fsp3) is 0.556. The lowest BCUT2D eigenvalue weighted by atomic mass is 10.2. The van der Waals surface area contributed by atoms with Crippen LogP contribution < -0.4 is 4.90 Å². The number of anilines is 1. The maximum Gasteiger partial charge on any atom is 0.225 e. The summed E-state index contributed by atoms with van der Waals surface area (Å²) in [7, 11) is 0. The van der Waals surface area contributed by atoms with Gasteiger partial charge in [-0.25, -0.2) is 9.97 Å². The molecule has 2 heterocycles. The van der Waals surface area contributed by atoms with Gasteiger partial charge in [-0.15, -0.1) is 0 Å². The third kappa shape index (κ3) is 1.99. The zero-order valence-corrected chi connectivity index (χ0v) is 9.16. The Morgan fingerprint density at radius 2 is 2.15 bits per heavy atom. The normalized spacial score (nSPS) is 22.3. The minimum atomic E-state index is 0.771. The van der Waals surface area contributed by atoms with E-state index in [-0.39, 0.29) is 0 Å². The zero-order chi connectivity index (χ0) is 9.26. The van der Waals surface area contributed by atoms with Crippen molar-refractivity contribution in [2.45, 2.75) is 13.3 Å². The van der Waals surface area contributed by atoms with E-state index in [2.05, 4.69) is 37.7 Å². The van der Waals surface area contributed by atoms with Crippen molar-refractivity contribution in [1.29, 1.82) is 0 Å². The molecule has 0 amide bonds. The first-order valence-corrected chi connectivity index (χ1v) is 5.27. The van der Waals surface area contributed by atoms with Crippen molar-refractivity contribution in [1.82, 2.24) is 9.97 Å². The van der Waals surface area contributed by atoms with Crippen molar-refractivity contribution >= 4 is 21.9 Å². The zero-order valence-electron chi connectivity index (χ0n) is 7.57. The lowest BCUT2D eigenvalue weighted by molar-refractivity contribution is 0.658. The number of hydrogen-bond acceptors (Lipinski definition) is 3. The molecule has 1 atom stereocenters. The first-order chi connectivity index (χ1) is 6.25. The highest BCUT2D eigenvalue weighted by Crippen LogP contribution is 2.20. The molecular weight excluding hydrogens is 230 g/mol. The maximum absolute atomic E-state index is 4.26. The van der Waals surface area contributed by atoms with Gasteiger partial charge in [-0.1, -0.05) is 6.92 Å². The van der Waals surface area contributed by atoms with E-state index in [1.54, 1.807) is 12.4 Å². The molecule has 0 bridgehead atoms. The summed E-state index contributed by atoms with van der Waals surface area (Å²) >= 11 is 3.32. The highest BCUT2D eigenvalue weighted by atomic mass is 79.9. The van der Waals surface area contributed by atoms with Crippen molar-refractivity contribution in [3.63, 3.8) is 0 Å².